The second-order valence-corrected chi connectivity index (χ2v) is 38.0. The predicted molar refractivity (Wildman–Crippen MR) is 495 cm³/mol. The lowest BCUT2D eigenvalue weighted by Crippen LogP contribution is -2.62. The summed E-state index contributed by atoms with van der Waals surface area (Å²) in [5.74, 6) is 3.06. The van der Waals surface area contributed by atoms with Crippen LogP contribution in [0.4, 0.5) is 34.1 Å². The van der Waals surface area contributed by atoms with Crippen molar-refractivity contribution in [2.24, 2.45) is 0 Å². The molecule has 2 aromatic heterocycles. The van der Waals surface area contributed by atoms with Gasteiger partial charge in [-0.25, -0.2) is 0 Å². The van der Waals surface area contributed by atoms with E-state index in [0.717, 1.165) is 168 Å². The maximum atomic E-state index is 7.78. The standard InChI is InChI=1S/C110H95BN4O2/c1-106(2,3)68-48-54-87-81(60-68)82-61-69(107(4,5)6)49-55-88(82)112(87)91-58-52-85-104-99(91)79-38-24-28-46-97(79)116-95-44-26-22-36-75(95)77-42-30-40-73(66-32-18-16-19-33-66)102(77)114(104)93-64-72(110(13,14)15)65-94-101(93)111(85)86-53-59-92(113-89-56-50-70(108(7,8)9)62-83(89)84-63-71(109(10,11)12)51-57-90(84)113)100-80-39-25-29-47-98(80)117-96-45-27-23-37-76(96)78-43-31-41-74(67-34-20-17-21-35-67)103(78)115(94)105(86)100/h16-65H,1-15H3. The lowest BCUT2D eigenvalue weighted by atomic mass is 9.33. The van der Waals surface area contributed by atoms with Crippen LogP contribution in [0.15, 0.2) is 303 Å². The van der Waals surface area contributed by atoms with Crippen LogP contribution in [-0.4, -0.2) is 15.8 Å². The van der Waals surface area contributed by atoms with Gasteiger partial charge < -0.3 is 28.4 Å². The summed E-state index contributed by atoms with van der Waals surface area (Å²) in [5, 5.41) is 4.88. The molecule has 6 heterocycles. The van der Waals surface area contributed by atoms with Crippen molar-refractivity contribution in [1.82, 2.24) is 9.13 Å². The van der Waals surface area contributed by atoms with Crippen LogP contribution in [0.2, 0.25) is 0 Å². The molecule has 0 N–H and O–H groups in total. The normalized spacial score (nSPS) is 13.5. The molecule has 0 saturated heterocycles. The van der Waals surface area contributed by atoms with E-state index in [-0.39, 0.29) is 21.7 Å². The molecular formula is C110H95BN4O2. The number of hydrogen-bond donors (Lipinski definition) is 0. The Balaban J connectivity index is 1.00. The van der Waals surface area contributed by atoms with E-state index in [9.17, 15) is 0 Å². The summed E-state index contributed by atoms with van der Waals surface area (Å²) in [6.45, 7) is 34.8. The minimum Gasteiger partial charge on any atom is -0.456 e. The van der Waals surface area contributed by atoms with Crippen LogP contribution in [0, 0.1) is 0 Å². The van der Waals surface area contributed by atoms with E-state index in [1.54, 1.807) is 0 Å². The quantitative estimate of drug-likeness (QED) is 0.165. The SMILES string of the molecule is CC(C)(C)c1cc2c3c(c1)N1c4c(-c5ccccc5)cccc4-c4ccccc4Oc4ccccc4-c4c(-n5c6ccc(C(C)(C)C)cc6c6cc(C(C)(C)C)ccc65)ccc(c41)B3c1ccc(-n3c4ccc(C(C)(C)C)cc4c4cc(C(C)(C)C)ccc43)c3c1N2c1c(-c2ccccc2)cccc1-c1ccccc1Oc1ccccc1-3. The van der Waals surface area contributed by atoms with Gasteiger partial charge >= 0.3 is 0 Å². The predicted octanol–water partition coefficient (Wildman–Crippen LogP) is 28.7. The minimum absolute atomic E-state index is 0.117. The molecule has 0 fully saturated rings. The highest BCUT2D eigenvalue weighted by Crippen LogP contribution is 2.61. The molecule has 0 spiro atoms. The molecule has 6 nitrogen and oxygen atoms in total. The zero-order valence-electron chi connectivity index (χ0n) is 69.6. The average molecular weight is 1520 g/mol. The molecule has 117 heavy (non-hydrogen) atoms. The van der Waals surface area contributed by atoms with Crippen molar-refractivity contribution < 1.29 is 9.47 Å². The van der Waals surface area contributed by atoms with Crippen LogP contribution in [-0.2, 0) is 27.1 Å². The van der Waals surface area contributed by atoms with Crippen LogP contribution in [0.5, 0.6) is 23.0 Å². The number of nitrogens with zero attached hydrogens (tertiary/aromatic N) is 4. The van der Waals surface area contributed by atoms with Crippen molar-refractivity contribution in [3.8, 4) is 101 Å². The third-order valence-corrected chi connectivity index (χ3v) is 25.5. The van der Waals surface area contributed by atoms with Crippen LogP contribution in [0.25, 0.3) is 122 Å². The zero-order valence-corrected chi connectivity index (χ0v) is 69.6. The Morgan fingerprint density at radius 1 is 0.231 bits per heavy atom. The largest absolute Gasteiger partial charge is 0.456 e. The Labute approximate surface area is 688 Å². The molecule has 0 aliphatic carbocycles. The van der Waals surface area contributed by atoms with Crippen LogP contribution >= 0.6 is 0 Å². The average Bonchev–Trinajstić information content (AvgIpc) is 1.12. The monoisotopic (exact) mass is 1510 g/mol. The highest BCUT2D eigenvalue weighted by molar-refractivity contribution is 7.00. The number of hydrogen-bond acceptors (Lipinski definition) is 4. The van der Waals surface area contributed by atoms with Gasteiger partial charge in [-0.2, -0.15) is 0 Å². The summed E-state index contributed by atoms with van der Waals surface area (Å²) in [6, 6.07) is 116. The molecule has 17 aromatic rings. The van der Waals surface area contributed by atoms with Crippen molar-refractivity contribution in [2.45, 2.75) is 131 Å². The number of fused-ring (bicyclic) bond motifs is 22. The molecule has 0 bridgehead atoms. The van der Waals surface area contributed by atoms with Crippen molar-refractivity contribution >= 4 is 101 Å². The molecule has 570 valence electrons. The summed E-state index contributed by atoms with van der Waals surface area (Å²) >= 11 is 0. The second kappa shape index (κ2) is 25.8. The molecule has 7 heteroatoms. The Kier molecular flexibility index (Phi) is 15.9. The highest BCUT2D eigenvalue weighted by atomic mass is 16.5. The Morgan fingerprint density at radius 3 is 0.855 bits per heavy atom. The number of para-hydroxylation sites is 6. The van der Waals surface area contributed by atoms with Gasteiger partial charge in [0, 0.05) is 88.6 Å². The van der Waals surface area contributed by atoms with Gasteiger partial charge in [-0.15, -0.1) is 0 Å². The van der Waals surface area contributed by atoms with E-state index < -0.39 is 12.1 Å². The molecule has 0 unspecified atom stereocenters. The first kappa shape index (κ1) is 71.9. The number of aromatic nitrogens is 2. The molecule has 4 aliphatic heterocycles. The fourth-order valence-electron chi connectivity index (χ4n) is 19.4. The third kappa shape index (κ3) is 11.2. The molecular weight excluding hydrogens is 1420 g/mol. The Morgan fingerprint density at radius 2 is 0.521 bits per heavy atom. The van der Waals surface area contributed by atoms with Gasteiger partial charge in [-0.3, -0.25) is 0 Å². The lowest BCUT2D eigenvalue weighted by Gasteiger charge is -2.48. The second-order valence-electron chi connectivity index (χ2n) is 38.0. The van der Waals surface area contributed by atoms with Crippen molar-refractivity contribution in [3.63, 3.8) is 0 Å². The minimum atomic E-state index is -0.420. The van der Waals surface area contributed by atoms with Gasteiger partial charge in [0.1, 0.15) is 23.0 Å². The van der Waals surface area contributed by atoms with E-state index in [0.29, 0.717) is 0 Å². The van der Waals surface area contributed by atoms with Gasteiger partial charge in [0.25, 0.3) is 6.71 Å². The van der Waals surface area contributed by atoms with Crippen LogP contribution < -0.4 is 35.7 Å². The van der Waals surface area contributed by atoms with Crippen LogP contribution in [0.1, 0.15) is 132 Å². The molecule has 21 rings (SSSR count). The molecule has 15 aromatic carbocycles. The summed E-state index contributed by atoms with van der Waals surface area (Å²) < 4.78 is 20.8. The van der Waals surface area contributed by atoms with Gasteiger partial charge in [0.2, 0.25) is 0 Å². The molecule has 0 radical (unpaired) electrons. The van der Waals surface area contributed by atoms with E-state index in [2.05, 4.69) is 426 Å². The third-order valence-electron chi connectivity index (χ3n) is 25.5. The van der Waals surface area contributed by atoms with Gasteiger partial charge in [0.15, 0.2) is 0 Å². The van der Waals surface area contributed by atoms with Gasteiger partial charge in [-0.1, -0.05) is 310 Å². The van der Waals surface area contributed by atoms with Gasteiger partial charge in [-0.05, 0) is 179 Å². The smallest absolute Gasteiger partial charge is 0.252 e. The first-order valence-electron chi connectivity index (χ1n) is 41.7. The number of ether oxygens (including phenoxy) is 2. The van der Waals surface area contributed by atoms with Crippen molar-refractivity contribution in [1.29, 1.82) is 0 Å². The molecule has 4 aliphatic rings. The summed E-state index contributed by atoms with van der Waals surface area (Å²) in [5.41, 5.74) is 34.6. The summed E-state index contributed by atoms with van der Waals surface area (Å²) in [4.78, 5) is 5.52. The van der Waals surface area contributed by atoms with Crippen LogP contribution in [0.3, 0.4) is 0 Å². The molecule has 0 saturated carbocycles. The molecule has 0 amide bonds. The molecule has 0 atom stereocenters. The lowest BCUT2D eigenvalue weighted by molar-refractivity contribution is 0.486. The van der Waals surface area contributed by atoms with E-state index >= 15 is 0 Å². The maximum absolute atomic E-state index is 7.78. The van der Waals surface area contributed by atoms with E-state index in [4.69, 9.17) is 9.47 Å². The number of anilines is 6. The Hall–Kier alpha value is -12.8. The van der Waals surface area contributed by atoms with Crippen molar-refractivity contribution in [2.75, 3.05) is 9.80 Å². The Bertz CT molecular complexity index is 6490. The first-order valence-corrected chi connectivity index (χ1v) is 41.7. The summed E-state index contributed by atoms with van der Waals surface area (Å²) in [7, 11) is 0. The first-order chi connectivity index (χ1) is 56.2. The van der Waals surface area contributed by atoms with Gasteiger partial charge in [0.05, 0.1) is 56.2 Å². The van der Waals surface area contributed by atoms with Crippen molar-refractivity contribution in [3.05, 3.63) is 331 Å². The van der Waals surface area contributed by atoms with E-state index in [1.807, 2.05) is 0 Å². The maximum Gasteiger partial charge on any atom is 0.252 e. The number of rotatable bonds is 4. The highest BCUT2D eigenvalue weighted by Gasteiger charge is 2.50. The summed E-state index contributed by atoms with van der Waals surface area (Å²) in [6.07, 6.45) is 0. The number of benzene rings is 15. The topological polar surface area (TPSA) is 34.8 Å². The fraction of sp³-hybridized carbons (Fsp3) is 0.182. The zero-order chi connectivity index (χ0) is 80.3. The van der Waals surface area contributed by atoms with E-state index in [1.165, 1.54) is 54.8 Å². The fourth-order valence-corrected chi connectivity index (χ4v) is 19.4.